The topological polar surface area (TPSA) is 158 Å². The molecule has 2 amide bonds. The highest BCUT2D eigenvalue weighted by Crippen LogP contribution is 2.28. The summed E-state index contributed by atoms with van der Waals surface area (Å²) in [6.45, 7) is 4.52. The van der Waals surface area contributed by atoms with E-state index < -0.39 is 30.3 Å². The molecule has 4 unspecified atom stereocenters. The van der Waals surface area contributed by atoms with Crippen molar-refractivity contribution >= 4 is 17.5 Å². The Hall–Kier alpha value is -3.43. The van der Waals surface area contributed by atoms with E-state index in [1.54, 1.807) is 42.5 Å². The average Bonchev–Trinajstić information content (AvgIpc) is 2.94. The van der Waals surface area contributed by atoms with Crippen molar-refractivity contribution in [3.05, 3.63) is 47.4 Å². The lowest BCUT2D eigenvalue weighted by molar-refractivity contribution is -0.124. The molecule has 3 saturated heterocycles. The molecule has 3 aliphatic rings. The number of rotatable bonds is 8. The van der Waals surface area contributed by atoms with Gasteiger partial charge in [-0.25, -0.2) is 4.39 Å². The number of aromatic nitrogens is 2. The molecule has 3 fully saturated rings. The molecule has 0 bridgehead atoms. The summed E-state index contributed by atoms with van der Waals surface area (Å²) in [7, 11) is 1.65. The third-order valence-electron chi connectivity index (χ3n) is 7.75. The number of piperazine rings is 1. The molecular formula is C26H34FN9O4. The van der Waals surface area contributed by atoms with Crippen molar-refractivity contribution in [1.29, 1.82) is 0 Å². The number of alkyl halides is 1. The van der Waals surface area contributed by atoms with Crippen molar-refractivity contribution in [3.63, 3.8) is 0 Å². The molecule has 0 aliphatic carbocycles. The number of nitrogens with zero attached hydrogens (tertiary/aromatic N) is 6. The van der Waals surface area contributed by atoms with Crippen LogP contribution in [0.4, 0.5) is 10.1 Å². The minimum atomic E-state index is -1.35. The van der Waals surface area contributed by atoms with Crippen LogP contribution in [0, 0.1) is 10.8 Å². The Labute approximate surface area is 231 Å². The van der Waals surface area contributed by atoms with E-state index in [-0.39, 0.29) is 19.0 Å². The number of hydrogen-bond donors (Lipinski definition) is 3. The minimum Gasteiger partial charge on any atom is -0.378 e. The monoisotopic (exact) mass is 555 g/mol. The van der Waals surface area contributed by atoms with Crippen LogP contribution in [0.15, 0.2) is 42.0 Å². The van der Waals surface area contributed by atoms with Gasteiger partial charge in [0.05, 0.1) is 37.3 Å². The van der Waals surface area contributed by atoms with Crippen molar-refractivity contribution in [1.82, 2.24) is 30.0 Å². The van der Waals surface area contributed by atoms with E-state index in [9.17, 15) is 18.9 Å². The van der Waals surface area contributed by atoms with Gasteiger partial charge in [0, 0.05) is 62.8 Å². The summed E-state index contributed by atoms with van der Waals surface area (Å²) in [6, 6.07) is 5.59. The third kappa shape index (κ3) is 6.00. The standard InChI is InChI=1S/C26H34FN9O4/c1-34-13-17(27)11-31-24(34)22(23(28)33-39)25(37)32-21-12-29-5-4-19(21)16-2-3-20(30-10-16)26(38)36-8-6-35(7-9-36)18-14-40-15-18/h2-5,10,12,17-18,22-24,31H,6-9,11,13-15,28H2,1H3,(H,32,37). The first-order valence-electron chi connectivity index (χ1n) is 13.3. The molecule has 0 aromatic carbocycles. The van der Waals surface area contributed by atoms with Crippen LogP contribution in [0.3, 0.4) is 0 Å². The molecule has 2 aromatic heterocycles. The molecule has 2 aromatic rings. The normalized spacial score (nSPS) is 24.1. The summed E-state index contributed by atoms with van der Waals surface area (Å²) in [5, 5.41) is 8.64. The quantitative estimate of drug-likeness (QED) is 0.382. The second kappa shape index (κ2) is 12.4. The lowest BCUT2D eigenvalue weighted by Gasteiger charge is -2.42. The fraction of sp³-hybridized carbons (Fsp3) is 0.538. The second-order valence-electron chi connectivity index (χ2n) is 10.4. The van der Waals surface area contributed by atoms with Gasteiger partial charge in [0.2, 0.25) is 5.91 Å². The first-order chi connectivity index (χ1) is 19.4. The molecule has 5 rings (SSSR count). The average molecular weight is 556 g/mol. The van der Waals surface area contributed by atoms with Gasteiger partial charge in [-0.05, 0) is 19.2 Å². The van der Waals surface area contributed by atoms with Crippen LogP contribution < -0.4 is 16.4 Å². The van der Waals surface area contributed by atoms with E-state index in [1.165, 1.54) is 6.20 Å². The summed E-state index contributed by atoms with van der Waals surface area (Å²) >= 11 is 0. The Kier molecular flexibility index (Phi) is 8.71. The van der Waals surface area contributed by atoms with Crippen LogP contribution in [0.2, 0.25) is 0 Å². The van der Waals surface area contributed by atoms with Gasteiger partial charge in [-0.3, -0.25) is 34.7 Å². The van der Waals surface area contributed by atoms with Gasteiger partial charge in [-0.1, -0.05) is 11.2 Å². The number of nitrogens with one attached hydrogen (secondary N) is 2. The predicted molar refractivity (Wildman–Crippen MR) is 145 cm³/mol. The zero-order chi connectivity index (χ0) is 28.2. The molecule has 14 heteroatoms. The summed E-state index contributed by atoms with van der Waals surface area (Å²) in [6.07, 6.45) is 1.48. The Balaban J connectivity index is 1.28. The van der Waals surface area contributed by atoms with Gasteiger partial charge in [0.25, 0.3) is 5.91 Å². The lowest BCUT2D eigenvalue weighted by Crippen LogP contribution is -2.62. The van der Waals surface area contributed by atoms with Crippen molar-refractivity contribution in [2.45, 2.75) is 24.5 Å². The van der Waals surface area contributed by atoms with E-state index >= 15 is 0 Å². The van der Waals surface area contributed by atoms with Gasteiger partial charge in [0.1, 0.15) is 17.8 Å². The smallest absolute Gasteiger partial charge is 0.272 e. The summed E-state index contributed by atoms with van der Waals surface area (Å²) < 4.78 is 19.1. The molecule has 0 radical (unpaired) electrons. The van der Waals surface area contributed by atoms with Gasteiger partial charge >= 0.3 is 0 Å². The molecule has 0 spiro atoms. The van der Waals surface area contributed by atoms with E-state index in [4.69, 9.17) is 10.5 Å². The van der Waals surface area contributed by atoms with Crippen LogP contribution in [0.5, 0.6) is 0 Å². The zero-order valence-corrected chi connectivity index (χ0v) is 22.3. The highest BCUT2D eigenvalue weighted by Gasteiger charge is 2.40. The van der Waals surface area contributed by atoms with Crippen LogP contribution in [0.25, 0.3) is 11.1 Å². The largest absolute Gasteiger partial charge is 0.378 e. The number of carbonyl (C=O) groups excluding carboxylic acids is 2. The number of amides is 2. The van der Waals surface area contributed by atoms with Crippen LogP contribution in [-0.4, -0.2) is 121 Å². The van der Waals surface area contributed by atoms with E-state index in [2.05, 4.69) is 30.7 Å². The Morgan fingerprint density at radius 3 is 2.60 bits per heavy atom. The zero-order valence-electron chi connectivity index (χ0n) is 22.3. The predicted octanol–water partition coefficient (Wildman–Crippen LogP) is 0.105. The third-order valence-corrected chi connectivity index (χ3v) is 7.75. The van der Waals surface area contributed by atoms with Gasteiger partial charge in [-0.15, -0.1) is 4.91 Å². The van der Waals surface area contributed by atoms with E-state index in [0.29, 0.717) is 41.6 Å². The van der Waals surface area contributed by atoms with Crippen molar-refractivity contribution in [2.24, 2.45) is 16.8 Å². The number of halogens is 1. The molecule has 13 nitrogen and oxygen atoms in total. The summed E-state index contributed by atoms with van der Waals surface area (Å²) in [5.74, 6) is -1.77. The fourth-order valence-electron chi connectivity index (χ4n) is 5.37. The van der Waals surface area contributed by atoms with Crippen LogP contribution >= 0.6 is 0 Å². The second-order valence-corrected chi connectivity index (χ2v) is 10.4. The van der Waals surface area contributed by atoms with E-state index in [0.717, 1.165) is 26.3 Å². The number of carbonyl (C=O) groups is 2. The Morgan fingerprint density at radius 2 is 1.98 bits per heavy atom. The molecule has 214 valence electrons. The number of ether oxygens (including phenoxy) is 1. The van der Waals surface area contributed by atoms with Crippen molar-refractivity contribution in [2.75, 3.05) is 64.8 Å². The molecule has 0 saturated carbocycles. The maximum Gasteiger partial charge on any atom is 0.272 e. The van der Waals surface area contributed by atoms with Gasteiger partial charge < -0.3 is 20.7 Å². The molecule has 3 aliphatic heterocycles. The highest BCUT2D eigenvalue weighted by molar-refractivity contribution is 5.97. The minimum absolute atomic E-state index is 0.0322. The summed E-state index contributed by atoms with van der Waals surface area (Å²) in [5.41, 5.74) is 7.90. The SMILES string of the molecule is CN1CC(F)CNC1C(C(=O)Nc1cnccc1-c1ccc(C(=O)N2CCN(C3COC3)CC2)nc1)C(N)N=O. The highest BCUT2D eigenvalue weighted by atomic mass is 19.1. The van der Waals surface area contributed by atoms with Gasteiger partial charge in [0.15, 0.2) is 6.17 Å². The molecule has 4 N–H and O–H groups in total. The molecular weight excluding hydrogens is 521 g/mol. The van der Waals surface area contributed by atoms with Crippen molar-refractivity contribution < 1.29 is 18.7 Å². The summed E-state index contributed by atoms with van der Waals surface area (Å²) in [4.78, 5) is 52.1. The van der Waals surface area contributed by atoms with Gasteiger partial charge in [-0.2, -0.15) is 0 Å². The number of nitroso groups, excluding NO2 is 1. The first-order valence-corrected chi connectivity index (χ1v) is 13.3. The Bertz CT molecular complexity index is 1210. The molecule has 40 heavy (non-hydrogen) atoms. The van der Waals surface area contributed by atoms with Crippen LogP contribution in [-0.2, 0) is 9.53 Å². The maximum absolute atomic E-state index is 13.8. The fourth-order valence-corrected chi connectivity index (χ4v) is 5.37. The molecule has 5 heterocycles. The number of nitrogens with two attached hydrogens (primary N) is 1. The number of anilines is 1. The lowest BCUT2D eigenvalue weighted by atomic mass is 9.98. The van der Waals surface area contributed by atoms with Crippen LogP contribution in [0.1, 0.15) is 10.5 Å². The number of pyridine rings is 2. The molecule has 4 atom stereocenters. The maximum atomic E-state index is 13.8. The first kappa shape index (κ1) is 28.1. The Morgan fingerprint density at radius 1 is 1.20 bits per heavy atom. The number of hydrogen-bond acceptors (Lipinski definition) is 11. The van der Waals surface area contributed by atoms with Crippen molar-refractivity contribution in [3.8, 4) is 11.1 Å². The van der Waals surface area contributed by atoms with E-state index in [1.807, 2.05) is 4.90 Å².